The van der Waals surface area contributed by atoms with Crippen LogP contribution in [0.5, 0.6) is 0 Å². The molecule has 0 spiro atoms. The number of rotatable bonds is 5. The number of carbonyl (C=O) groups excluding carboxylic acids is 2. The number of aryl methyl sites for hydroxylation is 2. The van der Waals surface area contributed by atoms with Crippen molar-refractivity contribution in [3.05, 3.63) is 34.9 Å². The zero-order valence-electron chi connectivity index (χ0n) is 11.2. The molecule has 0 bridgehead atoms. The number of benzene rings is 1. The molecular weight excluding hydrogens is 228 g/mol. The highest BCUT2D eigenvalue weighted by molar-refractivity contribution is 5.79. The van der Waals surface area contributed by atoms with E-state index in [1.54, 1.807) is 0 Å². The van der Waals surface area contributed by atoms with Gasteiger partial charge < -0.3 is 10.6 Å². The first-order valence-corrected chi connectivity index (χ1v) is 6.06. The summed E-state index contributed by atoms with van der Waals surface area (Å²) >= 11 is 0. The number of nitrogens with one attached hydrogen (secondary N) is 2. The standard InChI is InChI=1S/C14H20N2O2/c1-10-4-5-11(2)13(8-10)9-14(18)16-7-6-15-12(3)17/h4-5,8H,6-7,9H2,1-3H3,(H,15,17)(H,16,18). The van der Waals surface area contributed by atoms with Crippen LogP contribution in [0, 0.1) is 13.8 Å². The van der Waals surface area contributed by atoms with Crippen LogP contribution in [0.25, 0.3) is 0 Å². The smallest absolute Gasteiger partial charge is 0.224 e. The molecule has 0 aliphatic rings. The summed E-state index contributed by atoms with van der Waals surface area (Å²) in [7, 11) is 0. The first kappa shape index (κ1) is 14.2. The summed E-state index contributed by atoms with van der Waals surface area (Å²) in [5, 5.41) is 5.41. The van der Waals surface area contributed by atoms with Gasteiger partial charge in [-0.2, -0.15) is 0 Å². The Hall–Kier alpha value is -1.84. The van der Waals surface area contributed by atoms with Crippen molar-refractivity contribution in [3.8, 4) is 0 Å². The number of carbonyl (C=O) groups is 2. The van der Waals surface area contributed by atoms with E-state index in [-0.39, 0.29) is 11.8 Å². The average molecular weight is 248 g/mol. The minimum Gasteiger partial charge on any atom is -0.355 e. The molecule has 2 amide bonds. The van der Waals surface area contributed by atoms with E-state index in [0.29, 0.717) is 19.5 Å². The molecule has 0 radical (unpaired) electrons. The maximum Gasteiger partial charge on any atom is 0.224 e. The summed E-state index contributed by atoms with van der Waals surface area (Å²) in [6, 6.07) is 6.09. The summed E-state index contributed by atoms with van der Waals surface area (Å²) in [6.07, 6.45) is 0.383. The highest BCUT2D eigenvalue weighted by atomic mass is 16.2. The third-order valence-corrected chi connectivity index (χ3v) is 2.68. The molecule has 0 aliphatic carbocycles. The predicted molar refractivity (Wildman–Crippen MR) is 71.3 cm³/mol. The van der Waals surface area contributed by atoms with E-state index >= 15 is 0 Å². The highest BCUT2D eigenvalue weighted by Gasteiger charge is 2.05. The summed E-state index contributed by atoms with van der Waals surface area (Å²) in [5.41, 5.74) is 3.33. The van der Waals surface area contributed by atoms with Crippen molar-refractivity contribution in [2.24, 2.45) is 0 Å². The van der Waals surface area contributed by atoms with Crippen molar-refractivity contribution < 1.29 is 9.59 Å². The molecule has 0 heterocycles. The number of amides is 2. The number of hydrogen-bond acceptors (Lipinski definition) is 2. The van der Waals surface area contributed by atoms with Gasteiger partial charge in [-0.25, -0.2) is 0 Å². The highest BCUT2D eigenvalue weighted by Crippen LogP contribution is 2.11. The lowest BCUT2D eigenvalue weighted by atomic mass is 10.0. The maximum absolute atomic E-state index is 11.7. The average Bonchev–Trinajstić information content (AvgIpc) is 2.29. The molecule has 0 aliphatic heterocycles. The third-order valence-electron chi connectivity index (χ3n) is 2.68. The number of hydrogen-bond donors (Lipinski definition) is 2. The molecule has 0 aromatic heterocycles. The van der Waals surface area contributed by atoms with Crippen LogP contribution in [-0.2, 0) is 16.0 Å². The second kappa shape index (κ2) is 6.79. The lowest BCUT2D eigenvalue weighted by Crippen LogP contribution is -2.34. The minimum atomic E-state index is -0.0845. The van der Waals surface area contributed by atoms with Gasteiger partial charge in [0.1, 0.15) is 0 Å². The van der Waals surface area contributed by atoms with Crippen LogP contribution in [0.3, 0.4) is 0 Å². The van der Waals surface area contributed by atoms with Crippen LogP contribution >= 0.6 is 0 Å². The summed E-state index contributed by atoms with van der Waals surface area (Å²) in [4.78, 5) is 22.3. The van der Waals surface area contributed by atoms with Crippen LogP contribution in [0.15, 0.2) is 18.2 Å². The third kappa shape index (κ3) is 4.99. The lowest BCUT2D eigenvalue weighted by Gasteiger charge is -2.08. The quantitative estimate of drug-likeness (QED) is 0.767. The molecule has 0 saturated carbocycles. The van der Waals surface area contributed by atoms with Gasteiger partial charge in [-0.3, -0.25) is 9.59 Å². The van der Waals surface area contributed by atoms with Crippen molar-refractivity contribution in [1.29, 1.82) is 0 Å². The van der Waals surface area contributed by atoms with Crippen molar-refractivity contribution in [3.63, 3.8) is 0 Å². The van der Waals surface area contributed by atoms with Crippen molar-refractivity contribution in [1.82, 2.24) is 10.6 Å². The molecule has 0 unspecified atom stereocenters. The molecule has 1 rings (SSSR count). The van der Waals surface area contributed by atoms with E-state index in [9.17, 15) is 9.59 Å². The Morgan fingerprint density at radius 3 is 2.44 bits per heavy atom. The second-order valence-electron chi connectivity index (χ2n) is 4.44. The Balaban J connectivity index is 2.40. The Bertz CT molecular complexity index is 441. The topological polar surface area (TPSA) is 58.2 Å². The summed E-state index contributed by atoms with van der Waals surface area (Å²) in [5.74, 6) is -0.104. The van der Waals surface area contributed by atoms with Gasteiger partial charge >= 0.3 is 0 Å². The molecule has 4 heteroatoms. The van der Waals surface area contributed by atoms with Gasteiger partial charge in [0.15, 0.2) is 0 Å². The first-order valence-electron chi connectivity index (χ1n) is 6.06. The van der Waals surface area contributed by atoms with Crippen LogP contribution < -0.4 is 10.6 Å². The van der Waals surface area contributed by atoms with Crippen molar-refractivity contribution in [2.75, 3.05) is 13.1 Å². The largest absolute Gasteiger partial charge is 0.355 e. The molecule has 0 saturated heterocycles. The molecule has 0 fully saturated rings. The zero-order chi connectivity index (χ0) is 13.5. The van der Waals surface area contributed by atoms with Crippen molar-refractivity contribution >= 4 is 11.8 Å². The fraction of sp³-hybridized carbons (Fsp3) is 0.429. The van der Waals surface area contributed by atoms with E-state index < -0.39 is 0 Å². The molecular formula is C14H20N2O2. The van der Waals surface area contributed by atoms with E-state index in [1.807, 2.05) is 32.0 Å². The Kier molecular flexibility index (Phi) is 5.36. The molecule has 1 aromatic rings. The fourth-order valence-electron chi connectivity index (χ4n) is 1.67. The minimum absolute atomic E-state index is 0.0194. The van der Waals surface area contributed by atoms with Gasteiger partial charge in [-0.1, -0.05) is 23.8 Å². The van der Waals surface area contributed by atoms with Gasteiger partial charge in [-0.05, 0) is 25.0 Å². The van der Waals surface area contributed by atoms with Crippen LogP contribution in [-0.4, -0.2) is 24.9 Å². The SMILES string of the molecule is CC(=O)NCCNC(=O)Cc1cc(C)ccc1C. The molecule has 4 nitrogen and oxygen atoms in total. The normalized spacial score (nSPS) is 9.94. The zero-order valence-corrected chi connectivity index (χ0v) is 11.2. The maximum atomic E-state index is 11.7. The molecule has 2 N–H and O–H groups in total. The van der Waals surface area contributed by atoms with Gasteiger partial charge in [0.2, 0.25) is 11.8 Å². The Morgan fingerprint density at radius 1 is 1.11 bits per heavy atom. The van der Waals surface area contributed by atoms with E-state index in [4.69, 9.17) is 0 Å². The lowest BCUT2D eigenvalue weighted by molar-refractivity contribution is -0.121. The summed E-state index contributed by atoms with van der Waals surface area (Å²) < 4.78 is 0. The molecule has 98 valence electrons. The monoisotopic (exact) mass is 248 g/mol. The van der Waals surface area contributed by atoms with Gasteiger partial charge in [0.05, 0.1) is 6.42 Å². The van der Waals surface area contributed by atoms with Gasteiger partial charge in [0, 0.05) is 20.0 Å². The molecule has 18 heavy (non-hydrogen) atoms. The van der Waals surface area contributed by atoms with Gasteiger partial charge in [0.25, 0.3) is 0 Å². The van der Waals surface area contributed by atoms with E-state index in [0.717, 1.165) is 16.7 Å². The Labute approximate surface area is 108 Å². The fourth-order valence-corrected chi connectivity index (χ4v) is 1.67. The first-order chi connectivity index (χ1) is 8.49. The van der Waals surface area contributed by atoms with E-state index in [2.05, 4.69) is 10.6 Å². The van der Waals surface area contributed by atoms with Crippen LogP contribution in [0.4, 0.5) is 0 Å². The summed E-state index contributed by atoms with van der Waals surface area (Å²) in [6.45, 7) is 6.39. The van der Waals surface area contributed by atoms with E-state index in [1.165, 1.54) is 6.92 Å². The van der Waals surface area contributed by atoms with Crippen molar-refractivity contribution in [2.45, 2.75) is 27.2 Å². The second-order valence-corrected chi connectivity index (χ2v) is 4.44. The molecule has 0 atom stereocenters. The van der Waals surface area contributed by atoms with Crippen LogP contribution in [0.2, 0.25) is 0 Å². The van der Waals surface area contributed by atoms with Crippen LogP contribution in [0.1, 0.15) is 23.6 Å². The molecule has 1 aromatic carbocycles. The van der Waals surface area contributed by atoms with Gasteiger partial charge in [-0.15, -0.1) is 0 Å². The Morgan fingerprint density at radius 2 is 1.78 bits per heavy atom. The predicted octanol–water partition coefficient (Wildman–Crippen LogP) is 1.10.